The van der Waals surface area contributed by atoms with Crippen molar-refractivity contribution in [1.29, 1.82) is 0 Å². The molecule has 1 aromatic carbocycles. The summed E-state index contributed by atoms with van der Waals surface area (Å²) >= 11 is 1.33. The minimum Gasteiger partial charge on any atom is -0.368 e. The Bertz CT molecular complexity index is 961. The summed E-state index contributed by atoms with van der Waals surface area (Å²) in [4.78, 5) is 22.2. The van der Waals surface area contributed by atoms with E-state index in [1.54, 1.807) is 0 Å². The van der Waals surface area contributed by atoms with Crippen molar-refractivity contribution >= 4 is 33.4 Å². The predicted molar refractivity (Wildman–Crippen MR) is 104 cm³/mol. The predicted octanol–water partition coefficient (Wildman–Crippen LogP) is 3.73. The minimum atomic E-state index is -0.104. The highest BCUT2D eigenvalue weighted by atomic mass is 32.1. The molecule has 0 spiro atoms. The Morgan fingerprint density at radius 2 is 2.16 bits per heavy atom. The number of thiophene rings is 1. The van der Waals surface area contributed by atoms with Crippen LogP contribution in [0.4, 0.5) is 5.95 Å². The van der Waals surface area contributed by atoms with Crippen LogP contribution in [0.3, 0.4) is 0 Å². The van der Waals surface area contributed by atoms with Crippen LogP contribution < -0.4 is 11.1 Å². The lowest BCUT2D eigenvalue weighted by Crippen LogP contribution is -2.21. The summed E-state index contributed by atoms with van der Waals surface area (Å²) in [5.74, 6) is 0.106. The number of nitrogen functional groups attached to an aromatic ring is 1. The van der Waals surface area contributed by atoms with Gasteiger partial charge in [-0.25, -0.2) is 9.97 Å². The smallest absolute Gasteiger partial charge is 0.261 e. The van der Waals surface area contributed by atoms with Crippen molar-refractivity contribution in [3.63, 3.8) is 0 Å². The first-order valence-corrected chi connectivity index (χ1v) is 8.91. The standard InChI is InChI=1S/C19H20N4OS/c1-4-6-12-7-8-13(11(3)9-12)16-14-10-15(17(24)21-5-2)25-18(14)23-19(20)22-16/h4,7-10H,1,5-6H2,2-3H3,(H,21,24)(H2,20,22,23). The zero-order valence-electron chi connectivity index (χ0n) is 14.3. The summed E-state index contributed by atoms with van der Waals surface area (Å²) in [6.45, 7) is 8.30. The third kappa shape index (κ3) is 3.39. The number of aryl methyl sites for hydroxylation is 1. The summed E-state index contributed by atoms with van der Waals surface area (Å²) in [5.41, 5.74) is 9.96. The first-order chi connectivity index (χ1) is 12.0. The second-order valence-electron chi connectivity index (χ2n) is 5.76. The molecule has 0 bridgehead atoms. The number of amides is 1. The molecule has 0 aliphatic rings. The molecule has 3 aromatic rings. The van der Waals surface area contributed by atoms with Crippen molar-refractivity contribution in [2.75, 3.05) is 12.3 Å². The van der Waals surface area contributed by atoms with Gasteiger partial charge in [-0.1, -0.05) is 24.3 Å². The first-order valence-electron chi connectivity index (χ1n) is 8.09. The van der Waals surface area contributed by atoms with E-state index in [-0.39, 0.29) is 11.9 Å². The maximum atomic E-state index is 12.1. The Morgan fingerprint density at radius 3 is 2.84 bits per heavy atom. The second-order valence-corrected chi connectivity index (χ2v) is 6.79. The van der Waals surface area contributed by atoms with Gasteiger partial charge in [-0.3, -0.25) is 4.79 Å². The summed E-state index contributed by atoms with van der Waals surface area (Å²) in [6.07, 6.45) is 2.70. The van der Waals surface area contributed by atoms with E-state index in [0.29, 0.717) is 11.4 Å². The molecule has 25 heavy (non-hydrogen) atoms. The molecule has 3 rings (SSSR count). The maximum absolute atomic E-state index is 12.1. The monoisotopic (exact) mass is 352 g/mol. The van der Waals surface area contributed by atoms with Crippen LogP contribution in [0.15, 0.2) is 36.9 Å². The van der Waals surface area contributed by atoms with Crippen LogP contribution in [0.25, 0.3) is 21.5 Å². The number of nitrogens with two attached hydrogens (primary N) is 1. The van der Waals surface area contributed by atoms with Crippen molar-refractivity contribution in [3.05, 3.63) is 52.9 Å². The van der Waals surface area contributed by atoms with Crippen LogP contribution in [-0.4, -0.2) is 22.4 Å². The summed E-state index contributed by atoms with van der Waals surface area (Å²) in [7, 11) is 0. The highest BCUT2D eigenvalue weighted by Crippen LogP contribution is 2.34. The van der Waals surface area contributed by atoms with Gasteiger partial charge in [0.05, 0.1) is 10.6 Å². The fourth-order valence-electron chi connectivity index (χ4n) is 2.79. The van der Waals surface area contributed by atoms with Gasteiger partial charge in [0, 0.05) is 17.5 Å². The van der Waals surface area contributed by atoms with E-state index >= 15 is 0 Å². The average molecular weight is 352 g/mol. The minimum absolute atomic E-state index is 0.104. The normalized spacial score (nSPS) is 10.8. The molecule has 0 aliphatic carbocycles. The van der Waals surface area contributed by atoms with E-state index in [1.165, 1.54) is 16.9 Å². The van der Waals surface area contributed by atoms with Crippen LogP contribution in [0.1, 0.15) is 27.7 Å². The van der Waals surface area contributed by atoms with Gasteiger partial charge in [-0.05, 0) is 37.5 Å². The number of benzene rings is 1. The quantitative estimate of drug-likeness (QED) is 0.686. The number of rotatable bonds is 5. The van der Waals surface area contributed by atoms with E-state index < -0.39 is 0 Å². The molecule has 1 amide bonds. The highest BCUT2D eigenvalue weighted by Gasteiger charge is 2.17. The number of allylic oxidation sites excluding steroid dienone is 1. The van der Waals surface area contributed by atoms with E-state index in [2.05, 4.69) is 34.0 Å². The number of hydrogen-bond donors (Lipinski definition) is 2. The molecule has 2 heterocycles. The molecule has 0 aliphatic heterocycles. The molecule has 2 aromatic heterocycles. The lowest BCUT2D eigenvalue weighted by atomic mass is 9.99. The van der Waals surface area contributed by atoms with Gasteiger partial charge >= 0.3 is 0 Å². The fourth-order valence-corrected chi connectivity index (χ4v) is 3.74. The van der Waals surface area contributed by atoms with Crippen LogP contribution in [0, 0.1) is 6.92 Å². The second kappa shape index (κ2) is 7.03. The summed E-state index contributed by atoms with van der Waals surface area (Å²) in [6, 6.07) is 8.07. The van der Waals surface area contributed by atoms with Crippen LogP contribution >= 0.6 is 11.3 Å². The lowest BCUT2D eigenvalue weighted by Gasteiger charge is -2.09. The van der Waals surface area contributed by atoms with Gasteiger partial charge < -0.3 is 11.1 Å². The number of anilines is 1. The zero-order chi connectivity index (χ0) is 18.0. The third-order valence-corrected chi connectivity index (χ3v) is 4.92. The number of carbonyl (C=O) groups excluding carboxylic acids is 1. The highest BCUT2D eigenvalue weighted by molar-refractivity contribution is 7.20. The van der Waals surface area contributed by atoms with Crippen LogP contribution in [-0.2, 0) is 6.42 Å². The fraction of sp³-hybridized carbons (Fsp3) is 0.211. The van der Waals surface area contributed by atoms with Crippen molar-refractivity contribution in [2.24, 2.45) is 0 Å². The summed E-state index contributed by atoms with van der Waals surface area (Å²) < 4.78 is 0. The first kappa shape index (κ1) is 17.1. The number of fused-ring (bicyclic) bond motifs is 1. The molecule has 128 valence electrons. The Hall–Kier alpha value is -2.73. The van der Waals surface area contributed by atoms with E-state index in [9.17, 15) is 4.79 Å². The van der Waals surface area contributed by atoms with Crippen LogP contribution in [0.2, 0.25) is 0 Å². The molecular formula is C19H20N4OS. The van der Waals surface area contributed by atoms with E-state index in [4.69, 9.17) is 5.73 Å². The van der Waals surface area contributed by atoms with E-state index in [1.807, 2.05) is 32.1 Å². The number of carbonyl (C=O) groups is 1. The van der Waals surface area contributed by atoms with Gasteiger partial charge in [0.25, 0.3) is 5.91 Å². The molecular weight excluding hydrogens is 332 g/mol. The Balaban J connectivity index is 2.15. The van der Waals surface area contributed by atoms with Gasteiger partial charge in [0.2, 0.25) is 5.95 Å². The van der Waals surface area contributed by atoms with Crippen molar-refractivity contribution in [1.82, 2.24) is 15.3 Å². The SMILES string of the molecule is C=CCc1ccc(-c2nc(N)nc3sc(C(=O)NCC)cc23)c(C)c1. The van der Waals surface area contributed by atoms with Crippen molar-refractivity contribution in [2.45, 2.75) is 20.3 Å². The van der Waals surface area contributed by atoms with Crippen LogP contribution in [0.5, 0.6) is 0 Å². The number of nitrogens with zero attached hydrogens (tertiary/aromatic N) is 2. The van der Waals surface area contributed by atoms with Crippen molar-refractivity contribution in [3.8, 4) is 11.3 Å². The van der Waals surface area contributed by atoms with E-state index in [0.717, 1.165) is 33.5 Å². The number of aromatic nitrogens is 2. The molecule has 0 saturated heterocycles. The molecule has 5 nitrogen and oxygen atoms in total. The Labute approximate surface area is 150 Å². The molecule has 0 fully saturated rings. The zero-order valence-corrected chi connectivity index (χ0v) is 15.1. The van der Waals surface area contributed by atoms with Gasteiger partial charge in [-0.15, -0.1) is 17.9 Å². The van der Waals surface area contributed by atoms with Crippen molar-refractivity contribution < 1.29 is 4.79 Å². The Morgan fingerprint density at radius 1 is 1.36 bits per heavy atom. The molecule has 0 saturated carbocycles. The number of hydrogen-bond acceptors (Lipinski definition) is 5. The van der Waals surface area contributed by atoms with Gasteiger partial charge in [0.15, 0.2) is 0 Å². The summed E-state index contributed by atoms with van der Waals surface area (Å²) in [5, 5.41) is 3.66. The number of nitrogens with one attached hydrogen (secondary N) is 1. The Kier molecular flexibility index (Phi) is 4.81. The molecule has 0 radical (unpaired) electrons. The maximum Gasteiger partial charge on any atom is 0.261 e. The lowest BCUT2D eigenvalue weighted by molar-refractivity contribution is 0.0960. The molecule has 3 N–H and O–H groups in total. The molecule has 0 atom stereocenters. The largest absolute Gasteiger partial charge is 0.368 e. The topological polar surface area (TPSA) is 80.9 Å². The third-order valence-electron chi connectivity index (χ3n) is 3.90. The average Bonchev–Trinajstić information content (AvgIpc) is 2.99. The molecule has 0 unspecified atom stereocenters. The van der Waals surface area contributed by atoms with Gasteiger partial charge in [-0.2, -0.15) is 0 Å². The van der Waals surface area contributed by atoms with Gasteiger partial charge in [0.1, 0.15) is 4.83 Å². The molecule has 6 heteroatoms.